The molecule has 0 atom stereocenters. The smallest absolute Gasteiger partial charge is 0.226 e. The topological polar surface area (TPSA) is 50.4 Å². The summed E-state index contributed by atoms with van der Waals surface area (Å²) in [5.41, 5.74) is 5.41. The van der Waals surface area contributed by atoms with Gasteiger partial charge in [0, 0.05) is 18.7 Å². The van der Waals surface area contributed by atoms with Crippen LogP contribution in [0.25, 0.3) is 0 Å². The summed E-state index contributed by atoms with van der Waals surface area (Å²) in [6.07, 6.45) is 2.21. The van der Waals surface area contributed by atoms with Crippen LogP contribution in [0.3, 0.4) is 0 Å². The van der Waals surface area contributed by atoms with Crippen LogP contribution in [0.15, 0.2) is 36.4 Å². The Morgan fingerprint density at radius 1 is 1.08 bits per heavy atom. The van der Waals surface area contributed by atoms with Gasteiger partial charge >= 0.3 is 0 Å². The molecule has 1 amide bonds. The average Bonchev–Trinajstić information content (AvgIpc) is 2.62. The van der Waals surface area contributed by atoms with Crippen LogP contribution in [0, 0.1) is 6.92 Å². The van der Waals surface area contributed by atoms with Crippen molar-refractivity contribution in [2.24, 2.45) is 0 Å². The second kappa shape index (κ2) is 9.11. The number of ether oxygens (including phenoxy) is 1. The highest BCUT2D eigenvalue weighted by molar-refractivity contribution is 5.92. The van der Waals surface area contributed by atoms with Crippen LogP contribution in [0.4, 0.5) is 11.4 Å². The number of hydrogen-bond acceptors (Lipinski definition) is 3. The second-order valence-electron chi connectivity index (χ2n) is 6.09. The Labute approximate surface area is 150 Å². The number of hydrogen-bond donors (Lipinski definition) is 2. The zero-order valence-electron chi connectivity index (χ0n) is 15.6. The summed E-state index contributed by atoms with van der Waals surface area (Å²) in [6.45, 7) is 6.80. The Balaban J connectivity index is 1.97. The molecule has 0 saturated heterocycles. The molecule has 25 heavy (non-hydrogen) atoms. The largest absolute Gasteiger partial charge is 0.495 e. The fraction of sp³-hybridized carbons (Fsp3) is 0.381. The molecular formula is C21H28N2O2. The lowest BCUT2D eigenvalue weighted by molar-refractivity contribution is -0.115. The standard InChI is InChI=1S/C21H28N2O2/c1-5-16-8-7-9-17(6-2)21(16)23-20(24)12-13-22-18-14-15(3)10-11-19(18)25-4/h7-11,14,22H,5-6,12-13H2,1-4H3,(H,23,24). The van der Waals surface area contributed by atoms with E-state index in [1.165, 1.54) is 11.1 Å². The first kappa shape index (κ1) is 18.8. The van der Waals surface area contributed by atoms with Crippen molar-refractivity contribution in [1.82, 2.24) is 0 Å². The predicted molar refractivity (Wildman–Crippen MR) is 105 cm³/mol. The summed E-state index contributed by atoms with van der Waals surface area (Å²) >= 11 is 0. The number of nitrogens with one attached hydrogen (secondary N) is 2. The summed E-state index contributed by atoms with van der Waals surface area (Å²) in [4.78, 5) is 12.4. The van der Waals surface area contributed by atoms with Crippen molar-refractivity contribution in [2.75, 3.05) is 24.3 Å². The molecule has 4 heteroatoms. The Kier molecular flexibility index (Phi) is 6.87. The Hall–Kier alpha value is -2.49. The van der Waals surface area contributed by atoms with Gasteiger partial charge in [-0.25, -0.2) is 0 Å². The first-order valence-electron chi connectivity index (χ1n) is 8.88. The lowest BCUT2D eigenvalue weighted by Crippen LogP contribution is -2.18. The maximum atomic E-state index is 12.4. The normalized spacial score (nSPS) is 10.4. The first-order chi connectivity index (χ1) is 12.1. The molecular weight excluding hydrogens is 312 g/mol. The molecule has 0 fully saturated rings. The summed E-state index contributed by atoms with van der Waals surface area (Å²) in [5, 5.41) is 6.39. The van der Waals surface area contributed by atoms with Gasteiger partial charge in [-0.05, 0) is 48.6 Å². The molecule has 0 aliphatic heterocycles. The number of para-hydroxylation sites is 1. The third-order valence-electron chi connectivity index (χ3n) is 4.29. The number of methoxy groups -OCH3 is 1. The Morgan fingerprint density at radius 2 is 1.76 bits per heavy atom. The molecule has 2 rings (SSSR count). The minimum Gasteiger partial charge on any atom is -0.495 e. The average molecular weight is 340 g/mol. The van der Waals surface area contributed by atoms with Crippen LogP contribution < -0.4 is 15.4 Å². The summed E-state index contributed by atoms with van der Waals surface area (Å²) in [6, 6.07) is 12.2. The van der Waals surface area contributed by atoms with E-state index >= 15 is 0 Å². The van der Waals surface area contributed by atoms with Crippen LogP contribution >= 0.6 is 0 Å². The fourth-order valence-electron chi connectivity index (χ4n) is 2.88. The van der Waals surface area contributed by atoms with Crippen LogP contribution in [-0.2, 0) is 17.6 Å². The molecule has 4 nitrogen and oxygen atoms in total. The number of rotatable bonds is 8. The van der Waals surface area contributed by atoms with Crippen molar-refractivity contribution >= 4 is 17.3 Å². The molecule has 2 aromatic carbocycles. The van der Waals surface area contributed by atoms with E-state index in [1.807, 2.05) is 25.1 Å². The van der Waals surface area contributed by atoms with E-state index in [0.717, 1.165) is 35.5 Å². The third-order valence-corrected chi connectivity index (χ3v) is 4.29. The van der Waals surface area contributed by atoms with Crippen molar-refractivity contribution in [2.45, 2.75) is 40.0 Å². The molecule has 0 bridgehead atoms. The quantitative estimate of drug-likeness (QED) is 0.740. The van der Waals surface area contributed by atoms with Crippen molar-refractivity contribution in [1.29, 1.82) is 0 Å². The number of anilines is 2. The van der Waals surface area contributed by atoms with Crippen LogP contribution in [0.5, 0.6) is 5.75 Å². The van der Waals surface area contributed by atoms with E-state index in [4.69, 9.17) is 4.74 Å². The highest BCUT2D eigenvalue weighted by Gasteiger charge is 2.10. The lowest BCUT2D eigenvalue weighted by atomic mass is 10.0. The van der Waals surface area contributed by atoms with Crippen molar-refractivity contribution in [3.05, 3.63) is 53.1 Å². The first-order valence-corrected chi connectivity index (χ1v) is 8.88. The van der Waals surface area contributed by atoms with E-state index in [2.05, 4.69) is 42.7 Å². The summed E-state index contributed by atoms with van der Waals surface area (Å²) in [5.74, 6) is 0.810. The van der Waals surface area contributed by atoms with E-state index in [0.29, 0.717) is 13.0 Å². The maximum Gasteiger partial charge on any atom is 0.226 e. The van der Waals surface area contributed by atoms with E-state index < -0.39 is 0 Å². The zero-order chi connectivity index (χ0) is 18.2. The minimum absolute atomic E-state index is 0.0229. The monoisotopic (exact) mass is 340 g/mol. The third kappa shape index (κ3) is 4.99. The predicted octanol–water partition coefficient (Wildman–Crippen LogP) is 4.57. The van der Waals surface area contributed by atoms with Crippen molar-refractivity contribution in [3.63, 3.8) is 0 Å². The maximum absolute atomic E-state index is 12.4. The molecule has 2 N–H and O–H groups in total. The summed E-state index contributed by atoms with van der Waals surface area (Å²) < 4.78 is 5.35. The molecule has 0 saturated carbocycles. The van der Waals surface area contributed by atoms with Gasteiger partial charge in [0.25, 0.3) is 0 Å². The molecule has 0 unspecified atom stereocenters. The van der Waals surface area contributed by atoms with Crippen LogP contribution in [0.2, 0.25) is 0 Å². The molecule has 0 aliphatic carbocycles. The summed E-state index contributed by atoms with van der Waals surface area (Å²) in [7, 11) is 1.65. The zero-order valence-corrected chi connectivity index (χ0v) is 15.6. The van der Waals surface area contributed by atoms with Crippen molar-refractivity contribution < 1.29 is 9.53 Å². The van der Waals surface area contributed by atoms with Gasteiger partial charge in [-0.1, -0.05) is 38.1 Å². The van der Waals surface area contributed by atoms with E-state index in [1.54, 1.807) is 7.11 Å². The molecule has 0 aliphatic rings. The minimum atomic E-state index is 0.0229. The van der Waals surface area contributed by atoms with Crippen LogP contribution in [-0.4, -0.2) is 19.6 Å². The number of aryl methyl sites for hydroxylation is 3. The second-order valence-corrected chi connectivity index (χ2v) is 6.09. The fourth-order valence-corrected chi connectivity index (χ4v) is 2.88. The Bertz CT molecular complexity index is 704. The lowest BCUT2D eigenvalue weighted by Gasteiger charge is -2.15. The van der Waals surface area contributed by atoms with E-state index in [-0.39, 0.29) is 5.91 Å². The van der Waals surface area contributed by atoms with Gasteiger partial charge in [-0.15, -0.1) is 0 Å². The molecule has 0 spiro atoms. The molecule has 134 valence electrons. The SMILES string of the molecule is CCc1cccc(CC)c1NC(=O)CCNc1cc(C)ccc1OC. The Morgan fingerprint density at radius 3 is 2.36 bits per heavy atom. The number of amides is 1. The van der Waals surface area contributed by atoms with Gasteiger partial charge in [-0.3, -0.25) is 4.79 Å². The van der Waals surface area contributed by atoms with Gasteiger partial charge < -0.3 is 15.4 Å². The van der Waals surface area contributed by atoms with Crippen LogP contribution in [0.1, 0.15) is 37.0 Å². The number of carbonyl (C=O) groups excluding carboxylic acids is 1. The molecule has 2 aromatic rings. The van der Waals surface area contributed by atoms with Gasteiger partial charge in [-0.2, -0.15) is 0 Å². The highest BCUT2D eigenvalue weighted by atomic mass is 16.5. The van der Waals surface area contributed by atoms with Gasteiger partial charge in [0.05, 0.1) is 12.8 Å². The molecule has 0 heterocycles. The van der Waals surface area contributed by atoms with Gasteiger partial charge in [0.15, 0.2) is 0 Å². The number of benzene rings is 2. The molecule has 0 radical (unpaired) electrons. The highest BCUT2D eigenvalue weighted by Crippen LogP contribution is 2.25. The van der Waals surface area contributed by atoms with E-state index in [9.17, 15) is 4.79 Å². The van der Waals surface area contributed by atoms with Gasteiger partial charge in [0.2, 0.25) is 5.91 Å². The van der Waals surface area contributed by atoms with Crippen molar-refractivity contribution in [3.8, 4) is 5.75 Å². The molecule has 0 aromatic heterocycles. The number of carbonyl (C=O) groups is 1. The van der Waals surface area contributed by atoms with Gasteiger partial charge in [0.1, 0.15) is 5.75 Å².